The molecule has 1 aromatic rings. The molecule has 1 fully saturated rings. The average Bonchev–Trinajstić information content (AvgIpc) is 2.85. The van der Waals surface area contributed by atoms with Gasteiger partial charge in [0.2, 0.25) is 5.91 Å². The minimum absolute atomic E-state index is 0.0229. The van der Waals surface area contributed by atoms with Crippen LogP contribution in [-0.2, 0) is 4.79 Å². The van der Waals surface area contributed by atoms with Crippen LogP contribution < -0.4 is 4.74 Å². The van der Waals surface area contributed by atoms with E-state index in [0.29, 0.717) is 37.4 Å². The SMILES string of the molecule is CCCCC(=O)N1CCCN(C(=O)c2ccccc2OC)CC1. The van der Waals surface area contributed by atoms with Crippen molar-refractivity contribution in [2.75, 3.05) is 33.3 Å². The molecule has 0 bridgehead atoms. The van der Waals surface area contributed by atoms with Gasteiger partial charge in [0, 0.05) is 32.6 Å². The lowest BCUT2D eigenvalue weighted by Crippen LogP contribution is -2.37. The average molecular weight is 318 g/mol. The molecule has 1 aromatic carbocycles. The Labute approximate surface area is 138 Å². The summed E-state index contributed by atoms with van der Waals surface area (Å²) in [6, 6.07) is 7.28. The van der Waals surface area contributed by atoms with E-state index < -0.39 is 0 Å². The molecule has 0 N–H and O–H groups in total. The van der Waals surface area contributed by atoms with Gasteiger partial charge in [-0.2, -0.15) is 0 Å². The summed E-state index contributed by atoms with van der Waals surface area (Å²) in [6.07, 6.45) is 3.38. The Morgan fingerprint density at radius 2 is 1.78 bits per heavy atom. The Morgan fingerprint density at radius 3 is 2.52 bits per heavy atom. The lowest BCUT2D eigenvalue weighted by atomic mass is 10.1. The van der Waals surface area contributed by atoms with Gasteiger partial charge in [0.05, 0.1) is 12.7 Å². The summed E-state index contributed by atoms with van der Waals surface area (Å²) in [5.74, 6) is 0.779. The largest absolute Gasteiger partial charge is 0.496 e. The normalized spacial score (nSPS) is 15.2. The summed E-state index contributed by atoms with van der Waals surface area (Å²) in [7, 11) is 1.57. The van der Waals surface area contributed by atoms with E-state index in [9.17, 15) is 9.59 Å². The highest BCUT2D eigenvalue weighted by Crippen LogP contribution is 2.20. The standard InChI is InChI=1S/C18H26N2O3/c1-3-4-10-17(21)19-11-7-12-20(14-13-19)18(22)15-8-5-6-9-16(15)23-2/h5-6,8-9H,3-4,7,10-14H2,1-2H3. The molecule has 0 aliphatic carbocycles. The van der Waals surface area contributed by atoms with E-state index in [4.69, 9.17) is 4.74 Å². The van der Waals surface area contributed by atoms with Crippen LogP contribution >= 0.6 is 0 Å². The van der Waals surface area contributed by atoms with E-state index in [0.717, 1.165) is 25.8 Å². The Kier molecular flexibility index (Phi) is 6.44. The fourth-order valence-electron chi connectivity index (χ4n) is 2.85. The number of carbonyl (C=O) groups excluding carboxylic acids is 2. The van der Waals surface area contributed by atoms with Crippen molar-refractivity contribution in [2.24, 2.45) is 0 Å². The maximum absolute atomic E-state index is 12.7. The van der Waals surface area contributed by atoms with Crippen molar-refractivity contribution >= 4 is 11.8 Å². The second-order valence-electron chi connectivity index (χ2n) is 5.83. The molecule has 1 heterocycles. The highest BCUT2D eigenvalue weighted by molar-refractivity contribution is 5.97. The van der Waals surface area contributed by atoms with Gasteiger partial charge < -0.3 is 14.5 Å². The molecule has 0 unspecified atom stereocenters. The van der Waals surface area contributed by atoms with Crippen molar-refractivity contribution in [3.63, 3.8) is 0 Å². The van der Waals surface area contributed by atoms with Crippen LogP contribution in [-0.4, -0.2) is 54.9 Å². The van der Waals surface area contributed by atoms with E-state index in [-0.39, 0.29) is 11.8 Å². The molecular weight excluding hydrogens is 292 g/mol. The summed E-state index contributed by atoms with van der Waals surface area (Å²) in [6.45, 7) is 4.69. The molecule has 23 heavy (non-hydrogen) atoms. The van der Waals surface area contributed by atoms with Crippen LogP contribution in [0.4, 0.5) is 0 Å². The second kappa shape index (κ2) is 8.56. The molecule has 5 heteroatoms. The van der Waals surface area contributed by atoms with Gasteiger partial charge in [0.1, 0.15) is 5.75 Å². The molecule has 0 radical (unpaired) electrons. The Morgan fingerprint density at radius 1 is 1.09 bits per heavy atom. The van der Waals surface area contributed by atoms with Crippen molar-refractivity contribution in [1.29, 1.82) is 0 Å². The second-order valence-corrected chi connectivity index (χ2v) is 5.83. The van der Waals surface area contributed by atoms with Gasteiger partial charge in [-0.25, -0.2) is 0 Å². The van der Waals surface area contributed by atoms with E-state index in [1.165, 1.54) is 0 Å². The summed E-state index contributed by atoms with van der Waals surface area (Å²) >= 11 is 0. The molecule has 0 atom stereocenters. The van der Waals surface area contributed by atoms with Gasteiger partial charge in [-0.05, 0) is 25.0 Å². The lowest BCUT2D eigenvalue weighted by Gasteiger charge is -2.23. The molecular formula is C18H26N2O3. The predicted molar refractivity (Wildman–Crippen MR) is 89.6 cm³/mol. The Hall–Kier alpha value is -2.04. The van der Waals surface area contributed by atoms with Gasteiger partial charge in [0.25, 0.3) is 5.91 Å². The van der Waals surface area contributed by atoms with Crippen LogP contribution in [0.25, 0.3) is 0 Å². The molecule has 0 spiro atoms. The van der Waals surface area contributed by atoms with Crippen LogP contribution in [0.2, 0.25) is 0 Å². The van der Waals surface area contributed by atoms with Gasteiger partial charge >= 0.3 is 0 Å². The van der Waals surface area contributed by atoms with E-state index in [1.807, 2.05) is 21.9 Å². The van der Waals surface area contributed by atoms with Crippen molar-refractivity contribution in [3.05, 3.63) is 29.8 Å². The molecule has 1 saturated heterocycles. The third-order valence-corrected chi connectivity index (χ3v) is 4.22. The van der Waals surface area contributed by atoms with Crippen molar-refractivity contribution in [2.45, 2.75) is 32.6 Å². The maximum atomic E-state index is 12.7. The zero-order chi connectivity index (χ0) is 16.7. The number of hydrogen-bond donors (Lipinski definition) is 0. The van der Waals surface area contributed by atoms with Gasteiger partial charge in [-0.3, -0.25) is 9.59 Å². The topological polar surface area (TPSA) is 49.9 Å². The fourth-order valence-corrected chi connectivity index (χ4v) is 2.85. The number of benzene rings is 1. The highest BCUT2D eigenvalue weighted by Gasteiger charge is 2.24. The van der Waals surface area contributed by atoms with Gasteiger partial charge in [0.15, 0.2) is 0 Å². The van der Waals surface area contributed by atoms with Crippen LogP contribution in [0.1, 0.15) is 43.0 Å². The Bertz CT molecular complexity index is 545. The summed E-state index contributed by atoms with van der Waals surface area (Å²) in [4.78, 5) is 28.6. The molecule has 1 aliphatic heterocycles. The first kappa shape index (κ1) is 17.3. The van der Waals surface area contributed by atoms with Gasteiger partial charge in [-0.15, -0.1) is 0 Å². The van der Waals surface area contributed by atoms with Crippen LogP contribution in [0.3, 0.4) is 0 Å². The lowest BCUT2D eigenvalue weighted by molar-refractivity contribution is -0.131. The summed E-state index contributed by atoms with van der Waals surface area (Å²) in [5, 5.41) is 0. The number of carbonyl (C=O) groups is 2. The highest BCUT2D eigenvalue weighted by atomic mass is 16.5. The monoisotopic (exact) mass is 318 g/mol. The predicted octanol–water partition coefficient (Wildman–Crippen LogP) is 2.56. The first-order valence-electron chi connectivity index (χ1n) is 8.37. The summed E-state index contributed by atoms with van der Waals surface area (Å²) < 4.78 is 5.28. The number of hydrogen-bond acceptors (Lipinski definition) is 3. The zero-order valence-corrected chi connectivity index (χ0v) is 14.1. The van der Waals surface area contributed by atoms with E-state index in [2.05, 4.69) is 6.92 Å². The smallest absolute Gasteiger partial charge is 0.257 e. The number of para-hydroxylation sites is 1. The fraction of sp³-hybridized carbons (Fsp3) is 0.556. The molecule has 0 aromatic heterocycles. The van der Waals surface area contributed by atoms with Crippen molar-refractivity contribution in [1.82, 2.24) is 9.80 Å². The molecule has 2 rings (SSSR count). The number of nitrogens with zero attached hydrogens (tertiary/aromatic N) is 2. The van der Waals surface area contributed by atoms with Crippen LogP contribution in [0.5, 0.6) is 5.75 Å². The van der Waals surface area contributed by atoms with Crippen molar-refractivity contribution < 1.29 is 14.3 Å². The molecule has 5 nitrogen and oxygen atoms in total. The third kappa shape index (κ3) is 4.47. The van der Waals surface area contributed by atoms with E-state index in [1.54, 1.807) is 19.2 Å². The number of rotatable bonds is 5. The number of methoxy groups -OCH3 is 1. The quantitative estimate of drug-likeness (QED) is 0.838. The third-order valence-electron chi connectivity index (χ3n) is 4.22. The minimum atomic E-state index is -0.0229. The Balaban J connectivity index is 2.00. The van der Waals surface area contributed by atoms with Crippen LogP contribution in [0.15, 0.2) is 24.3 Å². The van der Waals surface area contributed by atoms with Gasteiger partial charge in [-0.1, -0.05) is 25.5 Å². The maximum Gasteiger partial charge on any atom is 0.257 e. The zero-order valence-electron chi connectivity index (χ0n) is 14.1. The number of ether oxygens (including phenoxy) is 1. The molecule has 1 aliphatic rings. The molecule has 126 valence electrons. The van der Waals surface area contributed by atoms with Crippen molar-refractivity contribution in [3.8, 4) is 5.75 Å². The number of amides is 2. The van der Waals surface area contributed by atoms with E-state index >= 15 is 0 Å². The minimum Gasteiger partial charge on any atom is -0.496 e. The number of unbranched alkanes of at least 4 members (excludes halogenated alkanes) is 1. The molecule has 0 saturated carbocycles. The summed E-state index contributed by atoms with van der Waals surface area (Å²) in [5.41, 5.74) is 0.584. The van der Waals surface area contributed by atoms with Crippen LogP contribution in [0, 0.1) is 0 Å². The first-order valence-corrected chi connectivity index (χ1v) is 8.37. The first-order chi connectivity index (χ1) is 11.2. The molecule has 2 amide bonds.